The summed E-state index contributed by atoms with van der Waals surface area (Å²) in [5.74, 6) is -0.327. The van der Waals surface area contributed by atoms with Gasteiger partial charge in [0.2, 0.25) is 0 Å². The van der Waals surface area contributed by atoms with E-state index in [0.29, 0.717) is 11.6 Å². The summed E-state index contributed by atoms with van der Waals surface area (Å²) in [6.07, 6.45) is 0.923. The van der Waals surface area contributed by atoms with E-state index in [1.165, 1.54) is 5.56 Å². The first-order chi connectivity index (χ1) is 9.44. The van der Waals surface area contributed by atoms with Gasteiger partial charge in [0.25, 0.3) is 10.1 Å². The normalized spacial score (nSPS) is 18.9. The smallest absolute Gasteiger partial charge is 0.269 e. The van der Waals surface area contributed by atoms with Gasteiger partial charge in [0, 0.05) is 19.1 Å². The summed E-state index contributed by atoms with van der Waals surface area (Å²) in [6, 6.07) is 7.81. The van der Waals surface area contributed by atoms with Crippen molar-refractivity contribution in [3.63, 3.8) is 0 Å². The van der Waals surface area contributed by atoms with E-state index in [2.05, 4.69) is 11.8 Å². The molecule has 1 aliphatic rings. The van der Waals surface area contributed by atoms with Crippen LogP contribution < -0.4 is 0 Å². The van der Waals surface area contributed by atoms with Gasteiger partial charge in [-0.3, -0.25) is 9.45 Å². The summed E-state index contributed by atoms with van der Waals surface area (Å²) < 4.78 is 35.8. The second-order valence-electron chi connectivity index (χ2n) is 5.24. The van der Waals surface area contributed by atoms with Crippen LogP contribution in [0.1, 0.15) is 18.1 Å². The molecule has 1 aromatic carbocycles. The highest BCUT2D eigenvalue weighted by molar-refractivity contribution is 7.85. The van der Waals surface area contributed by atoms with Crippen LogP contribution in [0, 0.1) is 0 Å². The van der Waals surface area contributed by atoms with Crippen molar-refractivity contribution in [1.29, 1.82) is 0 Å². The van der Waals surface area contributed by atoms with E-state index in [9.17, 15) is 8.42 Å². The quantitative estimate of drug-likeness (QED) is 0.831. The van der Waals surface area contributed by atoms with Crippen LogP contribution in [0.15, 0.2) is 24.3 Å². The minimum absolute atomic E-state index is 0.327. The second kappa shape index (κ2) is 6.67. The first-order valence-electron chi connectivity index (χ1n) is 6.79. The number of benzene rings is 1. The van der Waals surface area contributed by atoms with Crippen molar-refractivity contribution in [2.75, 3.05) is 26.3 Å². The Balaban J connectivity index is 1.92. The molecule has 0 aliphatic carbocycles. The molecule has 0 bridgehead atoms. The minimum atomic E-state index is -3.95. The van der Waals surface area contributed by atoms with E-state index in [1.54, 1.807) is 12.1 Å². The fourth-order valence-electron chi connectivity index (χ4n) is 2.47. The lowest BCUT2D eigenvalue weighted by Crippen LogP contribution is -2.43. The summed E-state index contributed by atoms with van der Waals surface area (Å²) >= 11 is 0. The highest BCUT2D eigenvalue weighted by Crippen LogP contribution is 2.13. The van der Waals surface area contributed by atoms with E-state index < -0.39 is 10.1 Å². The molecule has 1 saturated heterocycles. The van der Waals surface area contributed by atoms with Gasteiger partial charge in [0.05, 0.1) is 13.2 Å². The van der Waals surface area contributed by atoms with Gasteiger partial charge in [0.15, 0.2) is 0 Å². The zero-order valence-electron chi connectivity index (χ0n) is 11.7. The van der Waals surface area contributed by atoms with Crippen LogP contribution in [-0.2, 0) is 27.0 Å². The minimum Gasteiger partial charge on any atom is -0.379 e. The molecule has 5 nitrogen and oxygen atoms in total. The van der Waals surface area contributed by atoms with E-state index in [0.717, 1.165) is 32.7 Å². The Morgan fingerprint density at radius 2 is 1.75 bits per heavy atom. The highest BCUT2D eigenvalue weighted by Gasteiger charge is 2.17. The molecule has 0 radical (unpaired) electrons. The number of morpholine rings is 1. The van der Waals surface area contributed by atoms with Crippen molar-refractivity contribution < 1.29 is 17.7 Å². The molecule has 0 amide bonds. The number of hydrogen-bond acceptors (Lipinski definition) is 4. The number of rotatable bonds is 5. The summed E-state index contributed by atoms with van der Waals surface area (Å²) in [4.78, 5) is 2.40. The summed E-state index contributed by atoms with van der Waals surface area (Å²) in [5.41, 5.74) is 1.78. The average Bonchev–Trinajstić information content (AvgIpc) is 2.40. The zero-order chi connectivity index (χ0) is 14.6. The van der Waals surface area contributed by atoms with Crippen LogP contribution in [0.5, 0.6) is 0 Å². The SMILES string of the molecule is CC(Cc1ccc(CS(=O)(=O)O)cc1)N1CCOCC1. The lowest BCUT2D eigenvalue weighted by Gasteiger charge is -2.32. The van der Waals surface area contributed by atoms with Gasteiger partial charge >= 0.3 is 0 Å². The van der Waals surface area contributed by atoms with Crippen molar-refractivity contribution in [2.45, 2.75) is 25.1 Å². The number of hydrogen-bond donors (Lipinski definition) is 1. The summed E-state index contributed by atoms with van der Waals surface area (Å²) in [5, 5.41) is 0. The Kier molecular flexibility index (Phi) is 5.15. The molecule has 1 fully saturated rings. The van der Waals surface area contributed by atoms with E-state index in [4.69, 9.17) is 9.29 Å². The lowest BCUT2D eigenvalue weighted by atomic mass is 10.0. The Hall–Kier alpha value is -0.950. The maximum Gasteiger partial charge on any atom is 0.269 e. The van der Waals surface area contributed by atoms with E-state index >= 15 is 0 Å². The monoisotopic (exact) mass is 299 g/mol. The van der Waals surface area contributed by atoms with Crippen LogP contribution in [0.2, 0.25) is 0 Å². The third kappa shape index (κ3) is 4.86. The second-order valence-corrected chi connectivity index (χ2v) is 6.70. The largest absolute Gasteiger partial charge is 0.379 e. The highest BCUT2D eigenvalue weighted by atomic mass is 32.2. The van der Waals surface area contributed by atoms with Crippen molar-refractivity contribution in [1.82, 2.24) is 4.90 Å². The van der Waals surface area contributed by atoms with Gasteiger partial charge < -0.3 is 4.74 Å². The predicted octanol–water partition coefficient (Wildman–Crippen LogP) is 1.34. The van der Waals surface area contributed by atoms with Crippen molar-refractivity contribution in [3.05, 3.63) is 35.4 Å². The molecule has 1 aliphatic heterocycles. The predicted molar refractivity (Wildman–Crippen MR) is 77.3 cm³/mol. The van der Waals surface area contributed by atoms with Crippen molar-refractivity contribution in [3.8, 4) is 0 Å². The number of nitrogens with zero attached hydrogens (tertiary/aromatic N) is 1. The Bertz CT molecular complexity index is 521. The molecule has 112 valence electrons. The first-order valence-corrected chi connectivity index (χ1v) is 8.40. The first kappa shape index (κ1) is 15.4. The molecule has 6 heteroatoms. The van der Waals surface area contributed by atoms with Crippen LogP contribution in [0.4, 0.5) is 0 Å². The van der Waals surface area contributed by atoms with Crippen molar-refractivity contribution >= 4 is 10.1 Å². The maximum atomic E-state index is 10.8. The fraction of sp³-hybridized carbons (Fsp3) is 0.571. The summed E-state index contributed by atoms with van der Waals surface area (Å²) in [6.45, 7) is 5.69. The van der Waals surface area contributed by atoms with Gasteiger partial charge in [-0.05, 0) is 24.5 Å². The third-order valence-corrected chi connectivity index (χ3v) is 4.27. The Morgan fingerprint density at radius 3 is 2.30 bits per heavy atom. The standard InChI is InChI=1S/C14H21NO4S/c1-12(15-6-8-19-9-7-15)10-13-2-4-14(5-3-13)11-20(16,17)18/h2-5,12H,6-11H2,1H3,(H,16,17,18). The van der Waals surface area contributed by atoms with Crippen LogP contribution in [-0.4, -0.2) is 50.2 Å². The molecule has 20 heavy (non-hydrogen) atoms. The molecule has 0 aromatic heterocycles. The number of ether oxygens (including phenoxy) is 1. The topological polar surface area (TPSA) is 66.8 Å². The fourth-order valence-corrected chi connectivity index (χ4v) is 3.08. The van der Waals surface area contributed by atoms with Crippen molar-refractivity contribution in [2.24, 2.45) is 0 Å². The van der Waals surface area contributed by atoms with Crippen LogP contribution in [0.25, 0.3) is 0 Å². The van der Waals surface area contributed by atoms with Gasteiger partial charge in [-0.2, -0.15) is 8.42 Å². The van der Waals surface area contributed by atoms with Crippen LogP contribution in [0.3, 0.4) is 0 Å². The molecule has 0 saturated carbocycles. The Labute approximate surface area is 120 Å². The molecule has 0 spiro atoms. The zero-order valence-corrected chi connectivity index (χ0v) is 12.5. The lowest BCUT2D eigenvalue weighted by molar-refractivity contribution is 0.0203. The van der Waals surface area contributed by atoms with Gasteiger partial charge in [-0.15, -0.1) is 0 Å². The van der Waals surface area contributed by atoms with Gasteiger partial charge in [-0.1, -0.05) is 24.3 Å². The molecule has 1 N–H and O–H groups in total. The molecular weight excluding hydrogens is 278 g/mol. The van der Waals surface area contributed by atoms with Gasteiger partial charge in [-0.25, -0.2) is 0 Å². The molecule has 1 heterocycles. The summed E-state index contributed by atoms with van der Waals surface area (Å²) in [7, 11) is -3.95. The molecule has 2 rings (SSSR count). The molecular formula is C14H21NO4S. The maximum absolute atomic E-state index is 10.8. The molecule has 1 unspecified atom stereocenters. The van der Waals surface area contributed by atoms with E-state index in [-0.39, 0.29) is 5.75 Å². The third-order valence-electron chi connectivity index (χ3n) is 3.57. The Morgan fingerprint density at radius 1 is 1.20 bits per heavy atom. The van der Waals surface area contributed by atoms with Gasteiger partial charge in [0.1, 0.15) is 5.75 Å². The van der Waals surface area contributed by atoms with Crippen LogP contribution >= 0.6 is 0 Å². The average molecular weight is 299 g/mol. The molecule has 1 aromatic rings. The van der Waals surface area contributed by atoms with E-state index in [1.807, 2.05) is 12.1 Å². The molecule has 1 atom stereocenters.